The fraction of sp³-hybridized carbons (Fsp3) is 0. The van der Waals surface area contributed by atoms with Crippen LogP contribution in [-0.4, -0.2) is 9.13 Å². The first-order valence-corrected chi connectivity index (χ1v) is 14.4. The van der Waals surface area contributed by atoms with E-state index in [-0.39, 0.29) is 0 Å². The Bertz CT molecular complexity index is 2220. The highest BCUT2D eigenvalue weighted by Gasteiger charge is 2.14. The maximum absolute atomic E-state index is 6.59. The first-order valence-electron chi connectivity index (χ1n) is 14.4. The van der Waals surface area contributed by atoms with E-state index in [1.165, 1.54) is 32.6 Å². The number of fused-ring (bicyclic) bond motifs is 6. The summed E-state index contributed by atoms with van der Waals surface area (Å²) in [6.45, 7) is 0. The number of hydrazine groups is 1. The van der Waals surface area contributed by atoms with Gasteiger partial charge in [0.2, 0.25) is 0 Å². The number of hydrogen-bond donors (Lipinski definition) is 2. The van der Waals surface area contributed by atoms with Crippen molar-refractivity contribution >= 4 is 55.0 Å². The lowest BCUT2D eigenvalue weighted by Crippen LogP contribution is -2.25. The van der Waals surface area contributed by atoms with Gasteiger partial charge < -0.3 is 14.9 Å². The van der Waals surface area contributed by atoms with E-state index in [1.54, 1.807) is 11.2 Å². The third-order valence-electron chi connectivity index (χ3n) is 8.28. The van der Waals surface area contributed by atoms with Gasteiger partial charge in [0.15, 0.2) is 0 Å². The molecule has 6 aromatic carbocycles. The van der Waals surface area contributed by atoms with E-state index >= 15 is 0 Å². The summed E-state index contributed by atoms with van der Waals surface area (Å²) in [6.07, 6.45) is 1.78. The fourth-order valence-corrected chi connectivity index (χ4v) is 6.30. The van der Waals surface area contributed by atoms with Gasteiger partial charge in [-0.05, 0) is 60.2 Å². The second-order valence-corrected chi connectivity index (χ2v) is 10.8. The van der Waals surface area contributed by atoms with Gasteiger partial charge in [-0.15, -0.1) is 0 Å². The summed E-state index contributed by atoms with van der Waals surface area (Å²) in [5, 5.41) is 6.52. The van der Waals surface area contributed by atoms with E-state index in [0.29, 0.717) is 5.70 Å². The molecule has 8 aromatic rings. The summed E-state index contributed by atoms with van der Waals surface area (Å²) >= 11 is 0. The van der Waals surface area contributed by atoms with E-state index in [4.69, 9.17) is 11.6 Å². The van der Waals surface area contributed by atoms with Crippen molar-refractivity contribution < 1.29 is 0 Å². The molecule has 0 amide bonds. The number of anilines is 1. The maximum atomic E-state index is 6.59. The van der Waals surface area contributed by atoms with Crippen LogP contribution >= 0.6 is 0 Å². The van der Waals surface area contributed by atoms with Gasteiger partial charge in [0.25, 0.3) is 0 Å². The molecule has 2 heterocycles. The lowest BCUT2D eigenvalue weighted by molar-refractivity contribution is 1.07. The average molecular weight is 556 g/mol. The Morgan fingerprint density at radius 1 is 0.488 bits per heavy atom. The van der Waals surface area contributed by atoms with Crippen LogP contribution in [0, 0.1) is 0 Å². The number of hydrogen-bond acceptors (Lipinski definition) is 3. The molecule has 0 spiro atoms. The molecule has 2 aromatic heterocycles. The first-order chi connectivity index (χ1) is 21.2. The molecule has 0 unspecified atom stereocenters. The van der Waals surface area contributed by atoms with Gasteiger partial charge >= 0.3 is 0 Å². The van der Waals surface area contributed by atoms with Crippen LogP contribution in [0.4, 0.5) is 5.69 Å². The Balaban J connectivity index is 1.13. The summed E-state index contributed by atoms with van der Waals surface area (Å²) in [6, 6.07) is 50.5. The topological polar surface area (TPSA) is 65.1 Å². The molecule has 0 atom stereocenters. The van der Waals surface area contributed by atoms with E-state index in [2.05, 4.69) is 130 Å². The monoisotopic (exact) mass is 555 g/mol. The third-order valence-corrected chi connectivity index (χ3v) is 8.28. The molecular formula is C38H29N5. The van der Waals surface area contributed by atoms with Gasteiger partial charge in [-0.3, -0.25) is 5.01 Å². The largest absolute Gasteiger partial charge is 0.397 e. The van der Waals surface area contributed by atoms with Crippen LogP contribution < -0.4 is 16.6 Å². The van der Waals surface area contributed by atoms with Crippen molar-refractivity contribution in [1.29, 1.82) is 0 Å². The minimum atomic E-state index is 0.582. The summed E-state index contributed by atoms with van der Waals surface area (Å²) < 4.78 is 4.58. The quantitative estimate of drug-likeness (QED) is 0.165. The minimum absolute atomic E-state index is 0.582. The summed E-state index contributed by atoms with van der Waals surface area (Å²) in [7, 11) is 0. The number of benzene rings is 6. The minimum Gasteiger partial charge on any atom is -0.397 e. The first kappa shape index (κ1) is 25.0. The smallest absolute Gasteiger partial charge is 0.0590 e. The van der Waals surface area contributed by atoms with Crippen molar-refractivity contribution in [3.8, 4) is 11.4 Å². The van der Waals surface area contributed by atoms with Crippen molar-refractivity contribution in [3.05, 3.63) is 157 Å². The molecule has 0 saturated carbocycles. The second kappa shape index (κ2) is 9.94. The molecule has 0 aliphatic rings. The van der Waals surface area contributed by atoms with Gasteiger partial charge in [-0.1, -0.05) is 91.0 Å². The van der Waals surface area contributed by atoms with Gasteiger partial charge in [0.1, 0.15) is 0 Å². The standard InChI is InChI=1S/C38H29N5/c39-34(26-20-22-27(23-21-26)42-35-16-5-1-12-30(35)31-13-2-6-17-36(31)42)25-41(40)28-10-9-11-29(24-28)43-37-18-7-3-14-32(37)33-15-4-8-19-38(33)43/h1-25H,39-40H2. The molecule has 206 valence electrons. The van der Waals surface area contributed by atoms with Gasteiger partial charge in [-0.2, -0.15) is 0 Å². The molecule has 5 heteroatoms. The average Bonchev–Trinajstić information content (AvgIpc) is 3.58. The zero-order valence-corrected chi connectivity index (χ0v) is 23.4. The van der Waals surface area contributed by atoms with Crippen molar-refractivity contribution in [2.45, 2.75) is 0 Å². The number of aromatic nitrogens is 2. The number of rotatable bonds is 5. The van der Waals surface area contributed by atoms with E-state index in [0.717, 1.165) is 33.7 Å². The molecule has 0 aliphatic carbocycles. The van der Waals surface area contributed by atoms with Crippen molar-refractivity contribution in [2.75, 3.05) is 5.01 Å². The molecule has 43 heavy (non-hydrogen) atoms. The Kier molecular flexibility index (Phi) is 5.77. The lowest BCUT2D eigenvalue weighted by atomic mass is 10.1. The Labute approximate surface area is 249 Å². The van der Waals surface area contributed by atoms with Crippen LogP contribution in [0.3, 0.4) is 0 Å². The van der Waals surface area contributed by atoms with E-state index < -0.39 is 0 Å². The summed E-state index contributed by atoms with van der Waals surface area (Å²) in [4.78, 5) is 0. The molecule has 0 saturated heterocycles. The van der Waals surface area contributed by atoms with Crippen LogP contribution in [0.25, 0.3) is 60.7 Å². The molecule has 0 radical (unpaired) electrons. The highest BCUT2D eigenvalue weighted by atomic mass is 15.4. The predicted molar refractivity (Wildman–Crippen MR) is 180 cm³/mol. The SMILES string of the molecule is NC(=CN(N)c1cccc(-n2c3ccccc3c3ccccc32)c1)c1ccc(-n2c3ccccc3c3ccccc32)cc1. The van der Waals surface area contributed by atoms with E-state index in [1.807, 2.05) is 24.3 Å². The predicted octanol–water partition coefficient (Wildman–Crippen LogP) is 8.52. The molecule has 0 fully saturated rings. The maximum Gasteiger partial charge on any atom is 0.0590 e. The highest BCUT2D eigenvalue weighted by molar-refractivity contribution is 6.10. The van der Waals surface area contributed by atoms with Crippen molar-refractivity contribution in [3.63, 3.8) is 0 Å². The van der Waals surface area contributed by atoms with Gasteiger partial charge in [-0.25, -0.2) is 5.84 Å². The molecule has 4 N–H and O–H groups in total. The van der Waals surface area contributed by atoms with Gasteiger partial charge in [0, 0.05) is 39.1 Å². The van der Waals surface area contributed by atoms with Crippen LogP contribution in [0.15, 0.2) is 152 Å². The van der Waals surface area contributed by atoms with Gasteiger partial charge in [0.05, 0.1) is 33.5 Å². The zero-order chi connectivity index (χ0) is 28.9. The van der Waals surface area contributed by atoms with Crippen molar-refractivity contribution in [2.24, 2.45) is 11.6 Å². The second-order valence-electron chi connectivity index (χ2n) is 10.8. The van der Waals surface area contributed by atoms with Crippen LogP contribution in [0.2, 0.25) is 0 Å². The summed E-state index contributed by atoms with van der Waals surface area (Å²) in [5.74, 6) is 6.58. The van der Waals surface area contributed by atoms with Crippen LogP contribution in [0.1, 0.15) is 5.56 Å². The Morgan fingerprint density at radius 3 is 1.42 bits per heavy atom. The van der Waals surface area contributed by atoms with Crippen molar-refractivity contribution in [1.82, 2.24) is 9.13 Å². The van der Waals surface area contributed by atoms with E-state index in [9.17, 15) is 0 Å². The number of nitrogens with zero attached hydrogens (tertiary/aromatic N) is 3. The lowest BCUT2D eigenvalue weighted by Gasteiger charge is -2.17. The number of nitrogens with two attached hydrogens (primary N) is 2. The van der Waals surface area contributed by atoms with Crippen LogP contribution in [0.5, 0.6) is 0 Å². The number of para-hydroxylation sites is 4. The Morgan fingerprint density at radius 2 is 0.930 bits per heavy atom. The molecule has 0 aliphatic heterocycles. The summed E-state index contributed by atoms with van der Waals surface area (Å²) in [5.41, 5.74) is 15.7. The Hall–Kier alpha value is -5.78. The highest BCUT2D eigenvalue weighted by Crippen LogP contribution is 2.34. The third kappa shape index (κ3) is 4.06. The molecule has 8 rings (SSSR count). The van der Waals surface area contributed by atoms with Crippen LogP contribution in [-0.2, 0) is 0 Å². The zero-order valence-electron chi connectivity index (χ0n) is 23.4. The molecule has 0 bridgehead atoms. The normalized spacial score (nSPS) is 12.1. The fourth-order valence-electron chi connectivity index (χ4n) is 6.30. The molecular weight excluding hydrogens is 526 g/mol. The molecule has 5 nitrogen and oxygen atoms in total.